The lowest BCUT2D eigenvalue weighted by molar-refractivity contribution is -0.623. The molecule has 5 aliphatic heterocycles. The first-order valence-electron chi connectivity index (χ1n) is 18.8. The van der Waals surface area contributed by atoms with Crippen LogP contribution in [0.3, 0.4) is 0 Å². The van der Waals surface area contributed by atoms with Crippen LogP contribution in [0.25, 0.3) is 0 Å². The van der Waals surface area contributed by atoms with Crippen LogP contribution in [0.5, 0.6) is 0 Å². The number of carbonyl (C=O) groups is 2. The van der Waals surface area contributed by atoms with E-state index < -0.39 is 10.8 Å². The van der Waals surface area contributed by atoms with E-state index in [0.717, 1.165) is 76.6 Å². The van der Waals surface area contributed by atoms with Gasteiger partial charge in [-0.1, -0.05) is 41.5 Å². The van der Waals surface area contributed by atoms with Gasteiger partial charge in [0.2, 0.25) is 22.8 Å². The Morgan fingerprint density at radius 3 is 1.90 bits per heavy atom. The summed E-state index contributed by atoms with van der Waals surface area (Å²) in [5.74, 6) is -0.432. The number of nitrogens with two attached hydrogens (primary N) is 1. The summed E-state index contributed by atoms with van der Waals surface area (Å²) < 4.78 is 11.5. The Kier molecular flexibility index (Phi) is 8.40. The highest BCUT2D eigenvalue weighted by Crippen LogP contribution is 2.58. The minimum atomic E-state index is -0.596. The summed E-state index contributed by atoms with van der Waals surface area (Å²) in [6.45, 7) is 22.0. The van der Waals surface area contributed by atoms with Gasteiger partial charge in [-0.2, -0.15) is 0 Å². The second kappa shape index (κ2) is 12.3. The maximum absolute atomic E-state index is 13.8. The van der Waals surface area contributed by atoms with Crippen molar-refractivity contribution in [3.63, 3.8) is 0 Å². The molecule has 5 atom stereocenters. The number of nitrogens with zero attached hydrogens (tertiary/aromatic N) is 1. The zero-order valence-corrected chi connectivity index (χ0v) is 31.4. The SMILES string of the molecule is CCOC(=O)C1=CC2=C3N=C(/C=C4\[NH+]=C(C(C)=C4CC)C4=C5[NH2+]C(/C=C6/[NH+]=C2C(C)=C6CC)C(C)C5(CC)C(C(=O)OCC)=C4)C(C)C13CC. The Bertz CT molecular complexity index is 1990. The van der Waals surface area contributed by atoms with Crippen LogP contribution in [0.1, 0.15) is 94.9 Å². The maximum atomic E-state index is 13.8. The highest BCUT2D eigenvalue weighted by atomic mass is 16.5. The van der Waals surface area contributed by atoms with Crippen LogP contribution >= 0.6 is 0 Å². The van der Waals surface area contributed by atoms with Gasteiger partial charge in [0.1, 0.15) is 17.3 Å². The van der Waals surface area contributed by atoms with Crippen molar-refractivity contribution in [2.24, 2.45) is 27.7 Å². The predicted molar refractivity (Wildman–Crippen MR) is 194 cm³/mol. The summed E-state index contributed by atoms with van der Waals surface area (Å²) in [6.07, 6.45) is 12.0. The smallest absolute Gasteiger partial charge is 0.335 e. The van der Waals surface area contributed by atoms with Crippen LogP contribution in [-0.2, 0) is 19.1 Å². The van der Waals surface area contributed by atoms with Crippen LogP contribution in [0.4, 0.5) is 0 Å². The third-order valence-electron chi connectivity index (χ3n) is 13.0. The number of ether oxygens (including phenoxy) is 2. The number of quaternary nitrogens is 1. The molecule has 1 fully saturated rings. The predicted octanol–water partition coefficient (Wildman–Crippen LogP) is 3.27. The van der Waals surface area contributed by atoms with Crippen molar-refractivity contribution in [1.82, 2.24) is 0 Å². The normalized spacial score (nSPS) is 32.9. The molecule has 0 aromatic carbocycles. The van der Waals surface area contributed by atoms with Crippen LogP contribution < -0.4 is 15.3 Å². The largest absolute Gasteiger partial charge is 0.463 e. The summed E-state index contributed by atoms with van der Waals surface area (Å²) in [6, 6.07) is 0.0758. The van der Waals surface area contributed by atoms with Gasteiger partial charge in [-0.3, -0.25) is 4.99 Å². The Morgan fingerprint density at radius 2 is 1.32 bits per heavy atom. The number of rotatable bonds is 8. The molecule has 0 aromatic heterocycles. The molecule has 0 saturated carbocycles. The molecule has 5 unspecified atom stereocenters. The van der Waals surface area contributed by atoms with Crippen molar-refractivity contribution in [3.05, 3.63) is 91.7 Å². The second-order valence-corrected chi connectivity index (χ2v) is 14.6. The molecule has 50 heavy (non-hydrogen) atoms. The Balaban J connectivity index is 1.54. The zero-order valence-electron chi connectivity index (χ0n) is 31.4. The van der Waals surface area contributed by atoms with Crippen molar-refractivity contribution in [2.45, 2.75) is 101 Å². The molecule has 0 amide bonds. The molecule has 0 radical (unpaired) electrons. The summed E-state index contributed by atoms with van der Waals surface area (Å²) in [5.41, 5.74) is 14.6. The molecule has 4 N–H and O–H groups in total. The van der Waals surface area contributed by atoms with Gasteiger partial charge in [-0.25, -0.2) is 19.6 Å². The third-order valence-corrected chi connectivity index (χ3v) is 13.0. The maximum Gasteiger partial charge on any atom is 0.335 e. The highest BCUT2D eigenvalue weighted by molar-refractivity contribution is 6.18. The van der Waals surface area contributed by atoms with Gasteiger partial charge in [-0.05, 0) is 65.5 Å². The van der Waals surface area contributed by atoms with Gasteiger partial charge in [0.15, 0.2) is 0 Å². The van der Waals surface area contributed by atoms with Crippen LogP contribution in [-0.4, -0.2) is 48.3 Å². The van der Waals surface area contributed by atoms with Gasteiger partial charge < -0.3 is 14.8 Å². The average molecular weight is 678 g/mol. The first-order chi connectivity index (χ1) is 24.0. The standard InChI is InChI=1S/C42H50N4O4/c1-11-25-21(7)35-27-17-29(39(47)49-15-5)42(14-4)24(10)32(46-37(27)42)20-34-26(12-2)22(8)36(44-34)28-18-30(40(48)50-16-6)41(13-3)23(9)31(45-38(28)41)19-33(25)43-35/h17-20,23-24,31,45H,11-16H2,1-10H3/p+3/b33-19+,34-20-. The zero-order chi connectivity index (χ0) is 35.9. The molecule has 262 valence electrons. The summed E-state index contributed by atoms with van der Waals surface area (Å²) in [7, 11) is 0. The lowest BCUT2D eigenvalue weighted by atomic mass is 9.68. The van der Waals surface area contributed by atoms with Crippen LogP contribution in [0, 0.1) is 22.7 Å². The molecule has 1 saturated heterocycles. The van der Waals surface area contributed by atoms with Crippen molar-refractivity contribution in [3.8, 4) is 0 Å². The second-order valence-electron chi connectivity index (χ2n) is 14.6. The summed E-state index contributed by atoms with van der Waals surface area (Å²) >= 11 is 0. The number of aliphatic imine (C=N–C) groups is 1. The minimum absolute atomic E-state index is 0.0585. The molecule has 7 aliphatic rings. The molecule has 8 nitrogen and oxygen atoms in total. The fourth-order valence-corrected chi connectivity index (χ4v) is 10.3. The fraction of sp³-hybridized carbons (Fsp3) is 0.500. The van der Waals surface area contributed by atoms with Crippen molar-refractivity contribution < 1.29 is 34.4 Å². The molecule has 7 rings (SSSR count). The number of fused-ring (bicyclic) bond motifs is 5. The van der Waals surface area contributed by atoms with Crippen LogP contribution in [0.15, 0.2) is 96.7 Å². The highest BCUT2D eigenvalue weighted by Gasteiger charge is 2.62. The minimum Gasteiger partial charge on any atom is -0.463 e. The monoisotopic (exact) mass is 677 g/mol. The lowest BCUT2D eigenvalue weighted by Gasteiger charge is -2.32. The Hall–Kier alpha value is -4.17. The lowest BCUT2D eigenvalue weighted by Crippen LogP contribution is -2.86. The third kappa shape index (κ3) is 4.36. The summed E-state index contributed by atoms with van der Waals surface area (Å²) in [4.78, 5) is 40.7. The van der Waals surface area contributed by atoms with Crippen LogP contribution in [0.2, 0.25) is 0 Å². The fourth-order valence-electron chi connectivity index (χ4n) is 10.3. The van der Waals surface area contributed by atoms with E-state index in [4.69, 9.17) is 14.5 Å². The van der Waals surface area contributed by atoms with Gasteiger partial charge in [0.25, 0.3) is 0 Å². The molecule has 5 heterocycles. The number of allylic oxidation sites excluding steroid dienone is 11. The van der Waals surface area contributed by atoms with Gasteiger partial charge in [-0.15, -0.1) is 0 Å². The van der Waals surface area contributed by atoms with E-state index in [0.29, 0.717) is 18.8 Å². The number of carbonyl (C=O) groups excluding carboxylic acids is 2. The molecular formula is C42H53N4O4+3. The van der Waals surface area contributed by atoms with E-state index in [9.17, 15) is 9.59 Å². The number of hydrogen-bond acceptors (Lipinski definition) is 5. The first-order valence-corrected chi connectivity index (χ1v) is 18.8. The molecule has 0 spiro atoms. The molecular weight excluding hydrogens is 624 g/mol. The van der Waals surface area contributed by atoms with Crippen molar-refractivity contribution in [2.75, 3.05) is 13.2 Å². The average Bonchev–Trinajstić information content (AvgIpc) is 3.89. The van der Waals surface area contributed by atoms with E-state index in [-0.39, 0.29) is 29.8 Å². The quantitative estimate of drug-likeness (QED) is 0.343. The van der Waals surface area contributed by atoms with Gasteiger partial charge >= 0.3 is 11.9 Å². The Morgan fingerprint density at radius 1 is 0.780 bits per heavy atom. The number of nitrogens with one attached hydrogen (secondary N) is 2. The Labute approximate surface area is 296 Å². The van der Waals surface area contributed by atoms with E-state index >= 15 is 0 Å². The topological polar surface area (TPSA) is 110 Å². The summed E-state index contributed by atoms with van der Waals surface area (Å²) in [5, 5.41) is 2.41. The van der Waals surface area contributed by atoms with Gasteiger partial charge in [0, 0.05) is 46.3 Å². The molecule has 8 bridgehead atoms. The van der Waals surface area contributed by atoms with Gasteiger partial charge in [0.05, 0.1) is 52.2 Å². The van der Waals surface area contributed by atoms with E-state index in [2.05, 4.69) is 95.0 Å². The van der Waals surface area contributed by atoms with E-state index in [1.807, 2.05) is 13.8 Å². The van der Waals surface area contributed by atoms with Crippen molar-refractivity contribution in [1.29, 1.82) is 0 Å². The van der Waals surface area contributed by atoms with E-state index in [1.165, 1.54) is 28.0 Å². The number of esters is 2. The first kappa shape index (κ1) is 34.3. The van der Waals surface area contributed by atoms with Crippen molar-refractivity contribution >= 4 is 29.1 Å². The van der Waals surface area contributed by atoms with E-state index in [1.54, 1.807) is 0 Å². The number of hydrogen-bond donors (Lipinski definition) is 3. The molecule has 8 heteroatoms. The molecule has 2 aliphatic carbocycles. The molecule has 0 aromatic rings.